The number of rotatable bonds is 2. The smallest absolute Gasteiger partial charge is 0.124 e. The highest BCUT2D eigenvalue weighted by Crippen LogP contribution is 2.34. The Morgan fingerprint density at radius 1 is 1.18 bits per heavy atom. The molecule has 0 saturated heterocycles. The molecule has 1 aromatic heterocycles. The molecule has 0 saturated carbocycles. The number of aromatic nitrogens is 1. The lowest BCUT2D eigenvalue weighted by Crippen LogP contribution is -2.28. The van der Waals surface area contributed by atoms with Crippen LogP contribution >= 0.6 is 0 Å². The van der Waals surface area contributed by atoms with Crippen LogP contribution in [-0.4, -0.2) is 11.0 Å². The number of benzene rings is 2. The Hall–Kier alpha value is -2.42. The molecule has 0 radical (unpaired) electrons. The van der Waals surface area contributed by atoms with Gasteiger partial charge in [0.1, 0.15) is 5.82 Å². The summed E-state index contributed by atoms with van der Waals surface area (Å²) >= 11 is 0. The van der Waals surface area contributed by atoms with Crippen LogP contribution in [0.15, 0.2) is 54.7 Å². The van der Waals surface area contributed by atoms with E-state index >= 15 is 0 Å². The van der Waals surface area contributed by atoms with Crippen LogP contribution in [0.2, 0.25) is 0 Å². The minimum atomic E-state index is -0.198. The van der Waals surface area contributed by atoms with Crippen molar-refractivity contribution in [1.29, 1.82) is 0 Å². The zero-order valence-corrected chi connectivity index (χ0v) is 12.5. The molecule has 1 aliphatic rings. The Balaban J connectivity index is 1.78. The van der Waals surface area contributed by atoms with E-state index in [-0.39, 0.29) is 5.82 Å². The second kappa shape index (κ2) is 5.09. The summed E-state index contributed by atoms with van der Waals surface area (Å²) < 4.78 is 13.9. The summed E-state index contributed by atoms with van der Waals surface area (Å²) in [4.78, 5) is 6.80. The van der Waals surface area contributed by atoms with E-state index in [0.29, 0.717) is 12.6 Å². The lowest BCUT2D eigenvalue weighted by molar-refractivity contribution is 0.623. The van der Waals surface area contributed by atoms with Crippen LogP contribution in [0.25, 0.3) is 10.9 Å². The predicted molar refractivity (Wildman–Crippen MR) is 87.5 cm³/mol. The minimum absolute atomic E-state index is 0.198. The van der Waals surface area contributed by atoms with Crippen molar-refractivity contribution in [3.8, 4) is 0 Å². The highest BCUT2D eigenvalue weighted by atomic mass is 19.1. The molecule has 2 aromatic carbocycles. The van der Waals surface area contributed by atoms with E-state index in [9.17, 15) is 4.39 Å². The predicted octanol–water partition coefficient (Wildman–Crippen LogP) is 4.33. The number of halogens is 1. The van der Waals surface area contributed by atoms with Gasteiger partial charge in [0.25, 0.3) is 0 Å². The Morgan fingerprint density at radius 3 is 2.95 bits per heavy atom. The SMILES string of the molecule is CC1Cc2ccccc2N1Cc1cc(F)cc2cccnc12. The third kappa shape index (κ3) is 2.13. The lowest BCUT2D eigenvalue weighted by Gasteiger charge is -2.25. The van der Waals surface area contributed by atoms with Crippen molar-refractivity contribution in [1.82, 2.24) is 4.98 Å². The molecule has 0 aliphatic carbocycles. The molecule has 1 atom stereocenters. The van der Waals surface area contributed by atoms with Gasteiger partial charge in [0.15, 0.2) is 0 Å². The summed E-state index contributed by atoms with van der Waals surface area (Å²) in [6, 6.07) is 15.8. The molecule has 0 fully saturated rings. The van der Waals surface area contributed by atoms with Gasteiger partial charge in [-0.2, -0.15) is 0 Å². The molecular formula is C19H17FN2. The molecule has 3 heteroatoms. The Bertz CT molecular complexity index is 844. The van der Waals surface area contributed by atoms with Gasteiger partial charge in [-0.25, -0.2) is 4.39 Å². The molecule has 4 rings (SSSR count). The Morgan fingerprint density at radius 2 is 2.05 bits per heavy atom. The van der Waals surface area contributed by atoms with Gasteiger partial charge in [-0.05, 0) is 43.2 Å². The summed E-state index contributed by atoms with van der Waals surface area (Å²) in [5, 5.41) is 0.859. The van der Waals surface area contributed by atoms with Crippen molar-refractivity contribution >= 4 is 16.6 Å². The molecule has 2 heterocycles. The number of para-hydroxylation sites is 1. The maximum atomic E-state index is 13.9. The molecule has 3 aromatic rings. The van der Waals surface area contributed by atoms with Crippen LogP contribution in [0.3, 0.4) is 0 Å². The van der Waals surface area contributed by atoms with Crippen molar-refractivity contribution in [2.75, 3.05) is 4.90 Å². The molecule has 0 amide bonds. The van der Waals surface area contributed by atoms with Crippen molar-refractivity contribution in [2.45, 2.75) is 25.9 Å². The van der Waals surface area contributed by atoms with Crippen molar-refractivity contribution in [2.24, 2.45) is 0 Å². The first-order valence-corrected chi connectivity index (χ1v) is 7.60. The molecule has 0 N–H and O–H groups in total. The maximum absolute atomic E-state index is 13.9. The van der Waals surface area contributed by atoms with Crippen LogP contribution in [0, 0.1) is 5.82 Å². The second-order valence-corrected chi connectivity index (χ2v) is 5.95. The van der Waals surface area contributed by atoms with Gasteiger partial charge in [-0.15, -0.1) is 0 Å². The average molecular weight is 292 g/mol. The van der Waals surface area contributed by atoms with E-state index in [0.717, 1.165) is 22.9 Å². The van der Waals surface area contributed by atoms with Crippen LogP contribution in [-0.2, 0) is 13.0 Å². The second-order valence-electron chi connectivity index (χ2n) is 5.95. The zero-order chi connectivity index (χ0) is 15.1. The largest absolute Gasteiger partial charge is 0.364 e. The summed E-state index contributed by atoms with van der Waals surface area (Å²) in [7, 11) is 0. The molecule has 0 spiro atoms. The highest BCUT2D eigenvalue weighted by molar-refractivity contribution is 5.82. The molecule has 2 nitrogen and oxygen atoms in total. The van der Waals surface area contributed by atoms with Gasteiger partial charge in [0.2, 0.25) is 0 Å². The zero-order valence-electron chi connectivity index (χ0n) is 12.5. The van der Waals surface area contributed by atoms with E-state index in [1.165, 1.54) is 11.3 Å². The fourth-order valence-electron chi connectivity index (χ4n) is 3.40. The van der Waals surface area contributed by atoms with E-state index < -0.39 is 0 Å². The van der Waals surface area contributed by atoms with E-state index in [1.807, 2.05) is 12.1 Å². The van der Waals surface area contributed by atoms with Gasteiger partial charge >= 0.3 is 0 Å². The van der Waals surface area contributed by atoms with E-state index in [2.05, 4.69) is 41.1 Å². The topological polar surface area (TPSA) is 16.1 Å². The summed E-state index contributed by atoms with van der Waals surface area (Å²) in [6.45, 7) is 2.90. The molecule has 110 valence electrons. The third-order valence-corrected chi connectivity index (χ3v) is 4.44. The fourth-order valence-corrected chi connectivity index (χ4v) is 3.40. The highest BCUT2D eigenvalue weighted by Gasteiger charge is 2.26. The van der Waals surface area contributed by atoms with Crippen molar-refractivity contribution in [3.05, 3.63) is 71.7 Å². The van der Waals surface area contributed by atoms with E-state index in [1.54, 1.807) is 18.3 Å². The minimum Gasteiger partial charge on any atom is -0.364 e. The van der Waals surface area contributed by atoms with Gasteiger partial charge < -0.3 is 4.90 Å². The first-order chi connectivity index (χ1) is 10.7. The van der Waals surface area contributed by atoms with Crippen molar-refractivity contribution < 1.29 is 4.39 Å². The molecule has 1 aliphatic heterocycles. The van der Waals surface area contributed by atoms with Crippen LogP contribution < -0.4 is 4.90 Å². The monoisotopic (exact) mass is 292 g/mol. The van der Waals surface area contributed by atoms with Crippen LogP contribution in [0.1, 0.15) is 18.1 Å². The number of hydrogen-bond acceptors (Lipinski definition) is 2. The normalized spacial score (nSPS) is 17.0. The van der Waals surface area contributed by atoms with E-state index in [4.69, 9.17) is 0 Å². The molecule has 0 bridgehead atoms. The molecular weight excluding hydrogens is 275 g/mol. The first-order valence-electron chi connectivity index (χ1n) is 7.60. The quantitative estimate of drug-likeness (QED) is 0.699. The number of anilines is 1. The maximum Gasteiger partial charge on any atom is 0.124 e. The number of pyridine rings is 1. The van der Waals surface area contributed by atoms with Gasteiger partial charge in [-0.3, -0.25) is 4.98 Å². The summed E-state index contributed by atoms with van der Waals surface area (Å²) in [5.74, 6) is -0.198. The molecule has 22 heavy (non-hydrogen) atoms. The first kappa shape index (κ1) is 13.3. The van der Waals surface area contributed by atoms with Crippen LogP contribution in [0.5, 0.6) is 0 Å². The Kier molecular flexibility index (Phi) is 3.07. The standard InChI is InChI=1S/C19H17FN2/c1-13-9-14-5-2-3-7-18(14)22(13)12-16-11-17(20)10-15-6-4-8-21-19(15)16/h2-8,10-11,13H,9,12H2,1H3. The van der Waals surface area contributed by atoms with Crippen molar-refractivity contribution in [3.63, 3.8) is 0 Å². The lowest BCUT2D eigenvalue weighted by atomic mass is 10.1. The fraction of sp³-hybridized carbons (Fsp3) is 0.211. The summed E-state index contributed by atoms with van der Waals surface area (Å²) in [6.07, 6.45) is 2.81. The number of fused-ring (bicyclic) bond motifs is 2. The van der Waals surface area contributed by atoms with Gasteiger partial charge in [-0.1, -0.05) is 24.3 Å². The molecule has 1 unspecified atom stereocenters. The average Bonchev–Trinajstić information content (AvgIpc) is 2.83. The number of hydrogen-bond donors (Lipinski definition) is 0. The Labute approximate surface area is 129 Å². The van der Waals surface area contributed by atoms with Gasteiger partial charge in [0.05, 0.1) is 5.52 Å². The number of nitrogens with zero attached hydrogens (tertiary/aromatic N) is 2. The van der Waals surface area contributed by atoms with Gasteiger partial charge in [0, 0.05) is 35.4 Å². The third-order valence-electron chi connectivity index (χ3n) is 4.44. The summed E-state index contributed by atoms with van der Waals surface area (Å²) in [5.41, 5.74) is 4.45. The van der Waals surface area contributed by atoms with Crippen LogP contribution in [0.4, 0.5) is 10.1 Å².